The number of anilines is 1. The lowest BCUT2D eigenvalue weighted by atomic mass is 9.81. The van der Waals surface area contributed by atoms with E-state index >= 15 is 0 Å². The van der Waals surface area contributed by atoms with Gasteiger partial charge in [-0.05, 0) is 67.9 Å². The van der Waals surface area contributed by atoms with Crippen molar-refractivity contribution in [3.63, 3.8) is 0 Å². The third-order valence-corrected chi connectivity index (χ3v) is 8.41. The van der Waals surface area contributed by atoms with Gasteiger partial charge in [0.25, 0.3) is 11.8 Å². The van der Waals surface area contributed by atoms with Crippen LogP contribution >= 0.6 is 0 Å². The van der Waals surface area contributed by atoms with E-state index in [-0.39, 0.29) is 57.6 Å². The fourth-order valence-electron chi connectivity index (χ4n) is 5.49. The second-order valence-corrected chi connectivity index (χ2v) is 12.1. The van der Waals surface area contributed by atoms with Crippen LogP contribution in [0.4, 0.5) is 23.2 Å². The van der Waals surface area contributed by atoms with Crippen LogP contribution in [0.3, 0.4) is 0 Å². The van der Waals surface area contributed by atoms with E-state index in [2.05, 4.69) is 25.6 Å². The molecule has 3 aromatic heterocycles. The van der Waals surface area contributed by atoms with Crippen LogP contribution in [0.5, 0.6) is 5.75 Å². The van der Waals surface area contributed by atoms with E-state index in [1.807, 2.05) is 0 Å². The Kier molecular flexibility index (Phi) is 8.30. The lowest BCUT2D eigenvalue weighted by Gasteiger charge is -2.31. The Morgan fingerprint density at radius 2 is 1.74 bits per heavy atom. The number of pyridine rings is 2. The van der Waals surface area contributed by atoms with Gasteiger partial charge in [0, 0.05) is 35.2 Å². The molecule has 6 rings (SSSR count). The van der Waals surface area contributed by atoms with E-state index in [1.54, 1.807) is 13.0 Å². The molecule has 0 radical (unpaired) electrons. The Labute approximate surface area is 280 Å². The Balaban J connectivity index is 1.39. The lowest BCUT2D eigenvalue weighted by Crippen LogP contribution is -2.51. The van der Waals surface area contributed by atoms with E-state index in [9.17, 15) is 37.1 Å². The van der Waals surface area contributed by atoms with Gasteiger partial charge in [0.2, 0.25) is 17.3 Å². The molecule has 1 aliphatic rings. The van der Waals surface area contributed by atoms with Crippen LogP contribution in [0, 0.1) is 19.7 Å². The summed E-state index contributed by atoms with van der Waals surface area (Å²) in [4.78, 5) is 51.2. The topological polar surface area (TPSA) is 183 Å². The van der Waals surface area contributed by atoms with Crippen molar-refractivity contribution in [2.45, 2.75) is 38.0 Å². The SMILES string of the molecule is Cc1cnc2c(NC(=O)c3cnc(C)o3)cc(C(=O)NCC(O)(c3cc4c(c(-c5ccc(F)cc5)n3)OC[C@]4(C)C(N)=O)C(F)(F)F)cc2c1. The molecule has 1 aliphatic heterocycles. The second-order valence-electron chi connectivity index (χ2n) is 12.1. The number of fused-ring (bicyclic) bond motifs is 2. The average Bonchev–Trinajstić information content (AvgIpc) is 3.66. The number of carbonyl (C=O) groups excluding carboxylic acids is 3. The van der Waals surface area contributed by atoms with Crippen LogP contribution in [-0.2, 0) is 15.8 Å². The van der Waals surface area contributed by atoms with E-state index in [4.69, 9.17) is 14.9 Å². The number of primary amides is 1. The molecule has 5 aromatic rings. The van der Waals surface area contributed by atoms with E-state index < -0.39 is 53.0 Å². The van der Waals surface area contributed by atoms with Crippen LogP contribution in [0.2, 0.25) is 0 Å². The van der Waals surface area contributed by atoms with Gasteiger partial charge < -0.3 is 30.6 Å². The van der Waals surface area contributed by atoms with Gasteiger partial charge in [-0.1, -0.05) is 0 Å². The first-order valence-corrected chi connectivity index (χ1v) is 15.0. The van der Waals surface area contributed by atoms with Crippen LogP contribution in [0.25, 0.3) is 22.2 Å². The van der Waals surface area contributed by atoms with Gasteiger partial charge in [-0.3, -0.25) is 19.4 Å². The van der Waals surface area contributed by atoms with Crippen molar-refractivity contribution < 1.29 is 46.2 Å². The number of aromatic nitrogens is 3. The van der Waals surface area contributed by atoms with Crippen molar-refractivity contribution in [1.29, 1.82) is 0 Å². The zero-order chi connectivity index (χ0) is 36.2. The zero-order valence-electron chi connectivity index (χ0n) is 26.6. The molecule has 0 bridgehead atoms. The highest BCUT2D eigenvalue weighted by Crippen LogP contribution is 2.47. The molecular weight excluding hydrogens is 664 g/mol. The number of hydrogen-bond acceptors (Lipinski definition) is 9. The number of alkyl halides is 3. The van der Waals surface area contributed by atoms with Crippen molar-refractivity contribution >= 4 is 34.3 Å². The van der Waals surface area contributed by atoms with Crippen LogP contribution in [-0.4, -0.2) is 57.1 Å². The third-order valence-electron chi connectivity index (χ3n) is 8.41. The molecule has 0 saturated carbocycles. The summed E-state index contributed by atoms with van der Waals surface area (Å²) in [7, 11) is 0. The number of nitrogens with one attached hydrogen (secondary N) is 2. The molecule has 5 N–H and O–H groups in total. The third kappa shape index (κ3) is 5.97. The predicted octanol–water partition coefficient (Wildman–Crippen LogP) is 4.61. The lowest BCUT2D eigenvalue weighted by molar-refractivity contribution is -0.265. The largest absolute Gasteiger partial charge is 0.489 e. The summed E-state index contributed by atoms with van der Waals surface area (Å²) < 4.78 is 69.3. The minimum absolute atomic E-state index is 0.0488. The maximum atomic E-state index is 14.9. The van der Waals surface area contributed by atoms with Crippen LogP contribution in [0.15, 0.2) is 65.3 Å². The molecule has 0 spiro atoms. The highest BCUT2D eigenvalue weighted by atomic mass is 19.4. The molecule has 16 heteroatoms. The standard InChI is InChI=1S/C34H28F4N6O6/c1-16-8-19-9-20(10-23(26(19)41-12-16)43-30(46)24-13-40-17(2)50-24)29(45)42-14-33(48,34(36,37)38)25-11-22-28(49-15-32(22,3)31(39)47)27(44-25)18-4-6-21(35)7-5-18/h4-13,48H,14-15H2,1-3H3,(H2,39,47)(H,42,45)(H,43,46)/t32-,33?/m0/s1. The van der Waals surface area contributed by atoms with E-state index in [0.717, 1.165) is 18.2 Å². The van der Waals surface area contributed by atoms with Crippen molar-refractivity contribution in [3.05, 3.63) is 101 Å². The molecular formula is C34H28F4N6O6. The molecule has 0 aliphatic carbocycles. The van der Waals surface area contributed by atoms with Crippen molar-refractivity contribution in [2.24, 2.45) is 5.73 Å². The molecule has 2 aromatic carbocycles. The number of carbonyl (C=O) groups is 3. The normalized spacial score (nSPS) is 16.7. The van der Waals surface area contributed by atoms with Gasteiger partial charge in [0.1, 0.15) is 29.3 Å². The first-order valence-electron chi connectivity index (χ1n) is 15.0. The minimum Gasteiger partial charge on any atom is -0.489 e. The second kappa shape index (κ2) is 12.2. The zero-order valence-corrected chi connectivity index (χ0v) is 26.6. The molecule has 1 unspecified atom stereocenters. The molecule has 2 atom stereocenters. The Bertz CT molecular complexity index is 2190. The number of halogens is 4. The number of aryl methyl sites for hydroxylation is 2. The summed E-state index contributed by atoms with van der Waals surface area (Å²) in [5, 5.41) is 16.5. The summed E-state index contributed by atoms with van der Waals surface area (Å²) >= 11 is 0. The number of nitrogens with zero attached hydrogens (tertiary/aromatic N) is 3. The number of hydrogen-bond donors (Lipinski definition) is 4. The quantitative estimate of drug-likeness (QED) is 0.169. The van der Waals surface area contributed by atoms with Gasteiger partial charge >= 0.3 is 6.18 Å². The molecule has 4 heterocycles. The van der Waals surface area contributed by atoms with Gasteiger partial charge in [-0.15, -0.1) is 0 Å². The summed E-state index contributed by atoms with van der Waals surface area (Å²) in [6.07, 6.45) is -2.70. The Morgan fingerprint density at radius 1 is 1.02 bits per heavy atom. The molecule has 3 amide bonds. The highest BCUT2D eigenvalue weighted by Gasteiger charge is 2.57. The Morgan fingerprint density at radius 3 is 2.38 bits per heavy atom. The molecule has 50 heavy (non-hydrogen) atoms. The monoisotopic (exact) mass is 692 g/mol. The summed E-state index contributed by atoms with van der Waals surface area (Å²) in [6, 6.07) is 9.69. The summed E-state index contributed by atoms with van der Waals surface area (Å²) in [6.45, 7) is 2.88. The number of nitrogens with two attached hydrogens (primary N) is 1. The first-order chi connectivity index (χ1) is 23.5. The molecule has 12 nitrogen and oxygen atoms in total. The fourth-order valence-corrected chi connectivity index (χ4v) is 5.49. The van der Waals surface area contributed by atoms with E-state index in [1.165, 1.54) is 50.5 Å². The number of oxazole rings is 1. The fraction of sp³-hybridized carbons (Fsp3) is 0.235. The van der Waals surface area contributed by atoms with Gasteiger partial charge in [-0.25, -0.2) is 14.4 Å². The molecule has 0 saturated heterocycles. The van der Waals surface area contributed by atoms with Gasteiger partial charge in [-0.2, -0.15) is 13.2 Å². The highest BCUT2D eigenvalue weighted by molar-refractivity contribution is 6.09. The number of ether oxygens (including phenoxy) is 1. The van der Waals surface area contributed by atoms with Crippen LogP contribution < -0.4 is 21.1 Å². The van der Waals surface area contributed by atoms with E-state index in [0.29, 0.717) is 10.9 Å². The number of amides is 3. The maximum Gasteiger partial charge on any atom is 0.424 e. The van der Waals surface area contributed by atoms with Gasteiger partial charge in [0.15, 0.2) is 5.89 Å². The van der Waals surface area contributed by atoms with Crippen molar-refractivity contribution in [2.75, 3.05) is 18.5 Å². The maximum absolute atomic E-state index is 14.9. The Hall–Kier alpha value is -5.90. The summed E-state index contributed by atoms with van der Waals surface area (Å²) in [5.74, 6) is -3.28. The van der Waals surface area contributed by atoms with Crippen molar-refractivity contribution in [3.8, 4) is 17.0 Å². The smallest absolute Gasteiger partial charge is 0.424 e. The minimum atomic E-state index is -5.43. The molecule has 0 fully saturated rings. The average molecular weight is 693 g/mol. The first kappa shape index (κ1) is 34.0. The number of aliphatic hydroxyl groups is 1. The predicted molar refractivity (Wildman–Crippen MR) is 170 cm³/mol. The van der Waals surface area contributed by atoms with Crippen molar-refractivity contribution in [1.82, 2.24) is 20.3 Å². The van der Waals surface area contributed by atoms with Crippen LogP contribution in [0.1, 0.15) is 50.5 Å². The van der Waals surface area contributed by atoms with Gasteiger partial charge in [0.05, 0.1) is 29.6 Å². The summed E-state index contributed by atoms with van der Waals surface area (Å²) in [5.41, 5.74) is -0.112. The number of rotatable bonds is 8. The number of benzene rings is 2. The molecule has 258 valence electrons.